The van der Waals surface area contributed by atoms with Gasteiger partial charge in [-0.25, -0.2) is 0 Å². The molecule has 0 radical (unpaired) electrons. The molecule has 0 fully saturated rings. The van der Waals surface area contributed by atoms with Gasteiger partial charge in [0.15, 0.2) is 11.5 Å². The monoisotopic (exact) mass is 262 g/mol. The molecule has 0 aliphatic carbocycles. The lowest BCUT2D eigenvalue weighted by atomic mass is 9.91. The Kier molecular flexibility index (Phi) is 3.51. The summed E-state index contributed by atoms with van der Waals surface area (Å²) in [6.45, 7) is 4.56. The third kappa shape index (κ3) is 2.57. The van der Waals surface area contributed by atoms with Gasteiger partial charge in [0.25, 0.3) is 0 Å². The Morgan fingerprint density at radius 2 is 1.84 bits per heavy atom. The largest absolute Gasteiger partial charge is 0.493 e. The Morgan fingerprint density at radius 3 is 2.42 bits per heavy atom. The van der Waals surface area contributed by atoms with E-state index >= 15 is 0 Å². The first kappa shape index (κ1) is 13.5. The minimum absolute atomic E-state index is 0.199. The molecule has 1 aromatic rings. The van der Waals surface area contributed by atoms with Crippen LogP contribution in [0, 0.1) is 5.41 Å². The molecule has 1 aliphatic heterocycles. The molecule has 1 aromatic carbocycles. The summed E-state index contributed by atoms with van der Waals surface area (Å²) in [5.41, 5.74) is 1.15. The second kappa shape index (κ2) is 4.96. The molecule has 0 unspecified atom stereocenters. The van der Waals surface area contributed by atoms with Gasteiger partial charge in [-0.05, 0) is 6.07 Å². The zero-order chi connectivity index (χ0) is 14.0. The van der Waals surface area contributed by atoms with E-state index < -0.39 is 0 Å². The fourth-order valence-corrected chi connectivity index (χ4v) is 2.11. The summed E-state index contributed by atoms with van der Waals surface area (Å²) in [6, 6.07) is 3.53. The number of carbonyl (C=O) groups is 1. The van der Waals surface area contributed by atoms with Gasteiger partial charge in [-0.15, -0.1) is 0 Å². The van der Waals surface area contributed by atoms with Gasteiger partial charge in [0.2, 0.25) is 0 Å². The van der Waals surface area contributed by atoms with Crippen molar-refractivity contribution < 1.29 is 19.0 Å². The van der Waals surface area contributed by atoms with E-state index in [1.54, 1.807) is 26.4 Å². The number of fused-ring (bicyclic) bond motifs is 1. The van der Waals surface area contributed by atoms with Crippen LogP contribution in [0.1, 0.15) is 19.4 Å². The summed E-state index contributed by atoms with van der Waals surface area (Å²) in [5, 5.41) is 0. The number of aldehydes is 1. The molecule has 19 heavy (non-hydrogen) atoms. The van der Waals surface area contributed by atoms with E-state index in [1.807, 2.05) is 19.9 Å². The van der Waals surface area contributed by atoms with E-state index in [0.29, 0.717) is 29.4 Å². The quantitative estimate of drug-likeness (QED) is 0.786. The van der Waals surface area contributed by atoms with Crippen molar-refractivity contribution in [2.45, 2.75) is 13.8 Å². The zero-order valence-corrected chi connectivity index (χ0v) is 11.6. The molecule has 0 atom stereocenters. The highest BCUT2D eigenvalue weighted by molar-refractivity contribution is 6.08. The molecule has 0 N–H and O–H groups in total. The van der Waals surface area contributed by atoms with Gasteiger partial charge in [0.05, 0.1) is 20.8 Å². The topological polar surface area (TPSA) is 44.8 Å². The summed E-state index contributed by atoms with van der Waals surface area (Å²) in [4.78, 5) is 11.3. The Labute approximate surface area is 113 Å². The summed E-state index contributed by atoms with van der Waals surface area (Å²) < 4.78 is 16.3. The lowest BCUT2D eigenvalue weighted by molar-refractivity contribution is -0.103. The van der Waals surface area contributed by atoms with E-state index in [-0.39, 0.29) is 5.41 Å². The Hall–Kier alpha value is -1.97. The normalized spacial score (nSPS) is 16.5. The van der Waals surface area contributed by atoms with Crippen molar-refractivity contribution in [2.75, 3.05) is 20.8 Å². The van der Waals surface area contributed by atoms with E-state index in [1.165, 1.54) is 0 Å². The second-order valence-corrected chi connectivity index (χ2v) is 5.20. The van der Waals surface area contributed by atoms with Crippen molar-refractivity contribution in [3.8, 4) is 17.2 Å². The van der Waals surface area contributed by atoms with Crippen molar-refractivity contribution >= 4 is 11.9 Å². The minimum atomic E-state index is -0.199. The maximum Gasteiger partial charge on any atom is 0.164 e. The van der Waals surface area contributed by atoms with Crippen LogP contribution in [0.25, 0.3) is 5.57 Å². The number of carbonyl (C=O) groups excluding carboxylic acids is 1. The molecule has 2 rings (SSSR count). The fourth-order valence-electron chi connectivity index (χ4n) is 2.11. The first-order chi connectivity index (χ1) is 9.00. The second-order valence-electron chi connectivity index (χ2n) is 5.20. The highest BCUT2D eigenvalue weighted by atomic mass is 16.5. The number of allylic oxidation sites excluding steroid dienone is 1. The Balaban J connectivity index is 2.61. The molecule has 4 nitrogen and oxygen atoms in total. The van der Waals surface area contributed by atoms with Crippen LogP contribution in [0.3, 0.4) is 0 Å². The number of ether oxygens (including phenoxy) is 3. The smallest absolute Gasteiger partial charge is 0.164 e. The van der Waals surface area contributed by atoms with Crippen molar-refractivity contribution in [2.24, 2.45) is 5.41 Å². The molecule has 0 saturated carbocycles. The zero-order valence-electron chi connectivity index (χ0n) is 11.6. The van der Waals surface area contributed by atoms with Crippen molar-refractivity contribution in [3.05, 3.63) is 23.8 Å². The molecule has 0 spiro atoms. The van der Waals surface area contributed by atoms with Gasteiger partial charge < -0.3 is 14.2 Å². The van der Waals surface area contributed by atoms with Gasteiger partial charge in [0, 0.05) is 22.6 Å². The van der Waals surface area contributed by atoms with Crippen LogP contribution in [-0.2, 0) is 4.79 Å². The number of benzene rings is 1. The molecular formula is C15H18O4. The summed E-state index contributed by atoms with van der Waals surface area (Å²) in [6.07, 6.45) is 2.78. The van der Waals surface area contributed by atoms with E-state index in [9.17, 15) is 4.79 Å². The first-order valence-electron chi connectivity index (χ1n) is 6.08. The van der Waals surface area contributed by atoms with Gasteiger partial charge in [-0.3, -0.25) is 4.79 Å². The molecule has 1 heterocycles. The van der Waals surface area contributed by atoms with Crippen LogP contribution in [0.4, 0.5) is 0 Å². The average Bonchev–Trinajstić information content (AvgIpc) is 2.53. The van der Waals surface area contributed by atoms with E-state index in [4.69, 9.17) is 14.2 Å². The van der Waals surface area contributed by atoms with Gasteiger partial charge in [0.1, 0.15) is 12.0 Å². The fraction of sp³-hybridized carbons (Fsp3) is 0.400. The van der Waals surface area contributed by atoms with Gasteiger partial charge in [-0.2, -0.15) is 0 Å². The standard InChI is InChI=1S/C15H18O4/c1-15(2)7-10(8-16)11-5-13(17-3)14(18-4)6-12(11)19-9-15/h5-8H,9H2,1-4H3. The third-order valence-electron chi connectivity index (χ3n) is 3.07. The van der Waals surface area contributed by atoms with Crippen LogP contribution in [0.15, 0.2) is 18.2 Å². The van der Waals surface area contributed by atoms with E-state index in [2.05, 4.69) is 0 Å². The molecule has 0 saturated heterocycles. The van der Waals surface area contributed by atoms with Crippen molar-refractivity contribution in [1.82, 2.24) is 0 Å². The summed E-state index contributed by atoms with van der Waals surface area (Å²) in [5.74, 6) is 1.81. The van der Waals surface area contributed by atoms with Crippen LogP contribution < -0.4 is 14.2 Å². The van der Waals surface area contributed by atoms with Crippen LogP contribution in [0.5, 0.6) is 17.2 Å². The van der Waals surface area contributed by atoms with Crippen molar-refractivity contribution in [3.63, 3.8) is 0 Å². The Morgan fingerprint density at radius 1 is 1.21 bits per heavy atom. The van der Waals surface area contributed by atoms with Crippen LogP contribution in [-0.4, -0.2) is 27.1 Å². The van der Waals surface area contributed by atoms with E-state index in [0.717, 1.165) is 11.8 Å². The first-order valence-corrected chi connectivity index (χ1v) is 6.08. The molecule has 0 amide bonds. The average molecular weight is 262 g/mol. The predicted molar refractivity (Wildman–Crippen MR) is 72.9 cm³/mol. The number of hydrogen-bond acceptors (Lipinski definition) is 4. The lowest BCUT2D eigenvalue weighted by Crippen LogP contribution is -2.17. The Bertz CT molecular complexity index is 529. The number of rotatable bonds is 3. The molecule has 1 aliphatic rings. The van der Waals surface area contributed by atoms with Crippen molar-refractivity contribution in [1.29, 1.82) is 0 Å². The molecule has 4 heteroatoms. The SMILES string of the molecule is COc1cc2c(cc1OC)C(C=O)=CC(C)(C)CO2. The third-order valence-corrected chi connectivity index (χ3v) is 3.07. The molecular weight excluding hydrogens is 244 g/mol. The molecule has 102 valence electrons. The lowest BCUT2D eigenvalue weighted by Gasteiger charge is -2.18. The highest BCUT2D eigenvalue weighted by Gasteiger charge is 2.25. The molecule has 0 aromatic heterocycles. The summed E-state index contributed by atoms with van der Waals surface area (Å²) in [7, 11) is 3.14. The summed E-state index contributed by atoms with van der Waals surface area (Å²) >= 11 is 0. The van der Waals surface area contributed by atoms with Crippen LogP contribution >= 0.6 is 0 Å². The maximum atomic E-state index is 11.3. The minimum Gasteiger partial charge on any atom is -0.493 e. The number of hydrogen-bond donors (Lipinski definition) is 0. The van der Waals surface area contributed by atoms with Gasteiger partial charge in [-0.1, -0.05) is 19.9 Å². The van der Waals surface area contributed by atoms with Gasteiger partial charge >= 0.3 is 0 Å². The maximum absolute atomic E-state index is 11.3. The predicted octanol–water partition coefficient (Wildman–Crippen LogP) is 2.70. The van der Waals surface area contributed by atoms with Crippen LogP contribution in [0.2, 0.25) is 0 Å². The molecule has 0 bridgehead atoms. The number of methoxy groups -OCH3 is 2. The highest BCUT2D eigenvalue weighted by Crippen LogP contribution is 2.41.